The standard InChI is InChI=1S/C30H41N3O4/c1-21-9-3-5-12-27(21)37-28-13-6-4-11-26(28)30(36,16-8-17-32-22(2)34)24-10-7-18-33(20-24)29(35)23-14-15-25(31)19-23/h3-6,9,11-13,23-25,36H,7-8,10,14-20,31H2,1-2H3,(H,32,34)/t23-,24?,25+,30?/m1/s1. The fourth-order valence-electron chi connectivity index (χ4n) is 5.95. The molecule has 4 rings (SSSR count). The molecule has 1 aliphatic heterocycles. The van der Waals surface area contributed by atoms with Gasteiger partial charge in [-0.2, -0.15) is 0 Å². The van der Waals surface area contributed by atoms with Crippen molar-refractivity contribution in [1.82, 2.24) is 10.2 Å². The molecule has 0 bridgehead atoms. The van der Waals surface area contributed by atoms with Gasteiger partial charge >= 0.3 is 0 Å². The number of nitrogens with two attached hydrogens (primary N) is 1. The molecule has 2 amide bonds. The van der Waals surface area contributed by atoms with Gasteiger partial charge in [-0.05, 0) is 69.6 Å². The first kappa shape index (κ1) is 27.1. The molecular formula is C30H41N3O4. The molecule has 2 aromatic rings. The average Bonchev–Trinajstić information content (AvgIpc) is 3.34. The van der Waals surface area contributed by atoms with E-state index in [1.54, 1.807) is 0 Å². The second-order valence-electron chi connectivity index (χ2n) is 10.8. The summed E-state index contributed by atoms with van der Waals surface area (Å²) in [6, 6.07) is 15.6. The maximum absolute atomic E-state index is 13.4. The molecule has 1 heterocycles. The molecule has 1 aliphatic carbocycles. The van der Waals surface area contributed by atoms with E-state index in [0.29, 0.717) is 38.2 Å². The van der Waals surface area contributed by atoms with Crippen LogP contribution in [0.4, 0.5) is 0 Å². The van der Waals surface area contributed by atoms with Gasteiger partial charge in [0.1, 0.15) is 11.5 Å². The number of nitrogens with zero attached hydrogens (tertiary/aromatic N) is 1. The van der Waals surface area contributed by atoms with Crippen LogP contribution in [-0.4, -0.2) is 47.5 Å². The lowest BCUT2D eigenvalue weighted by molar-refractivity contribution is -0.141. The number of nitrogens with one attached hydrogen (secondary N) is 1. The van der Waals surface area contributed by atoms with E-state index in [1.165, 1.54) is 6.92 Å². The molecule has 4 N–H and O–H groups in total. The zero-order valence-corrected chi connectivity index (χ0v) is 22.1. The monoisotopic (exact) mass is 507 g/mol. The quantitative estimate of drug-likeness (QED) is 0.440. The number of aryl methyl sites for hydroxylation is 1. The van der Waals surface area contributed by atoms with E-state index in [2.05, 4.69) is 5.32 Å². The van der Waals surface area contributed by atoms with Crippen LogP contribution in [0.1, 0.15) is 63.0 Å². The fraction of sp³-hybridized carbons (Fsp3) is 0.533. The summed E-state index contributed by atoms with van der Waals surface area (Å²) in [7, 11) is 0. The van der Waals surface area contributed by atoms with Crippen LogP contribution in [0, 0.1) is 18.8 Å². The molecule has 7 nitrogen and oxygen atoms in total. The molecule has 7 heteroatoms. The Labute approximate surface area is 220 Å². The third kappa shape index (κ3) is 6.51. The van der Waals surface area contributed by atoms with Crippen LogP contribution in [-0.2, 0) is 15.2 Å². The molecule has 2 unspecified atom stereocenters. The predicted molar refractivity (Wildman–Crippen MR) is 144 cm³/mol. The predicted octanol–water partition coefficient (Wildman–Crippen LogP) is 4.26. The van der Waals surface area contributed by atoms with Crippen molar-refractivity contribution in [2.45, 2.75) is 70.4 Å². The van der Waals surface area contributed by atoms with E-state index < -0.39 is 5.60 Å². The third-order valence-electron chi connectivity index (χ3n) is 8.01. The summed E-state index contributed by atoms with van der Waals surface area (Å²) in [5.41, 5.74) is 6.61. The van der Waals surface area contributed by atoms with Gasteiger partial charge in [0.15, 0.2) is 0 Å². The Morgan fingerprint density at radius 3 is 2.54 bits per heavy atom. The highest BCUT2D eigenvalue weighted by molar-refractivity contribution is 5.79. The molecule has 2 aromatic carbocycles. The van der Waals surface area contributed by atoms with Crippen molar-refractivity contribution in [3.05, 3.63) is 59.7 Å². The van der Waals surface area contributed by atoms with Crippen LogP contribution >= 0.6 is 0 Å². The topological polar surface area (TPSA) is 105 Å². The molecule has 1 saturated heterocycles. The number of para-hydroxylation sites is 2. The highest BCUT2D eigenvalue weighted by Crippen LogP contribution is 2.44. The number of hydrogen-bond donors (Lipinski definition) is 3. The Morgan fingerprint density at radius 1 is 1.11 bits per heavy atom. The molecule has 0 spiro atoms. The first-order valence-corrected chi connectivity index (χ1v) is 13.6. The lowest BCUT2D eigenvalue weighted by Gasteiger charge is -2.44. The van der Waals surface area contributed by atoms with Crippen molar-refractivity contribution in [2.75, 3.05) is 19.6 Å². The molecule has 0 aromatic heterocycles. The Kier molecular flexibility index (Phi) is 8.87. The summed E-state index contributed by atoms with van der Waals surface area (Å²) in [6.07, 6.45) is 5.18. The van der Waals surface area contributed by atoms with Crippen LogP contribution in [0.2, 0.25) is 0 Å². The molecule has 4 atom stereocenters. The van der Waals surface area contributed by atoms with Crippen LogP contribution in [0.5, 0.6) is 11.5 Å². The number of amides is 2. The van der Waals surface area contributed by atoms with Crippen molar-refractivity contribution >= 4 is 11.8 Å². The number of carbonyl (C=O) groups excluding carboxylic acids is 2. The van der Waals surface area contributed by atoms with E-state index >= 15 is 0 Å². The van der Waals surface area contributed by atoms with E-state index in [4.69, 9.17) is 10.5 Å². The SMILES string of the molecule is CC(=O)NCCCC(O)(c1ccccc1Oc1ccccc1C)C1CCCN(C(=O)[C@@H]2CC[C@H](N)C2)C1. The van der Waals surface area contributed by atoms with Gasteiger partial charge in [-0.15, -0.1) is 0 Å². The molecular weight excluding hydrogens is 466 g/mol. The van der Waals surface area contributed by atoms with Crippen LogP contribution in [0.3, 0.4) is 0 Å². The van der Waals surface area contributed by atoms with E-state index in [0.717, 1.165) is 49.0 Å². The minimum atomic E-state index is -1.22. The third-order valence-corrected chi connectivity index (χ3v) is 8.01. The summed E-state index contributed by atoms with van der Waals surface area (Å²) in [6.45, 7) is 5.19. The van der Waals surface area contributed by atoms with Gasteiger partial charge in [-0.3, -0.25) is 9.59 Å². The van der Waals surface area contributed by atoms with Crippen molar-refractivity contribution < 1.29 is 19.4 Å². The van der Waals surface area contributed by atoms with Gasteiger partial charge in [0, 0.05) is 50.0 Å². The molecule has 200 valence electrons. The number of benzene rings is 2. The summed E-state index contributed by atoms with van der Waals surface area (Å²) in [4.78, 5) is 26.7. The van der Waals surface area contributed by atoms with Crippen molar-refractivity contribution in [1.29, 1.82) is 0 Å². The van der Waals surface area contributed by atoms with Gasteiger partial charge in [0.2, 0.25) is 11.8 Å². The number of ether oxygens (including phenoxy) is 1. The number of carbonyl (C=O) groups is 2. The van der Waals surface area contributed by atoms with E-state index in [1.807, 2.05) is 60.4 Å². The number of hydrogen-bond acceptors (Lipinski definition) is 5. The van der Waals surface area contributed by atoms with Gasteiger partial charge in [0.25, 0.3) is 0 Å². The van der Waals surface area contributed by atoms with E-state index in [9.17, 15) is 14.7 Å². The summed E-state index contributed by atoms with van der Waals surface area (Å²) in [5.74, 6) is 1.27. The van der Waals surface area contributed by atoms with Gasteiger partial charge < -0.3 is 25.8 Å². The normalized spacial score (nSPS) is 23.4. The highest BCUT2D eigenvalue weighted by Gasteiger charge is 2.44. The maximum atomic E-state index is 13.4. The zero-order chi connectivity index (χ0) is 26.4. The number of likely N-dealkylation sites (tertiary alicyclic amines) is 1. The molecule has 2 aliphatic rings. The Bertz CT molecular complexity index is 1090. The van der Waals surface area contributed by atoms with Crippen molar-refractivity contribution in [3.63, 3.8) is 0 Å². The van der Waals surface area contributed by atoms with Crippen LogP contribution < -0.4 is 15.8 Å². The molecule has 2 fully saturated rings. The molecule has 1 saturated carbocycles. The summed E-state index contributed by atoms with van der Waals surface area (Å²) >= 11 is 0. The van der Waals surface area contributed by atoms with Crippen molar-refractivity contribution in [2.24, 2.45) is 17.6 Å². The number of aliphatic hydroxyl groups is 1. The maximum Gasteiger partial charge on any atom is 0.225 e. The highest BCUT2D eigenvalue weighted by atomic mass is 16.5. The lowest BCUT2D eigenvalue weighted by atomic mass is 9.73. The summed E-state index contributed by atoms with van der Waals surface area (Å²) < 4.78 is 6.37. The fourth-order valence-corrected chi connectivity index (χ4v) is 5.95. The second-order valence-corrected chi connectivity index (χ2v) is 10.8. The van der Waals surface area contributed by atoms with E-state index in [-0.39, 0.29) is 29.7 Å². The van der Waals surface area contributed by atoms with Gasteiger partial charge in [0.05, 0.1) is 5.60 Å². The smallest absolute Gasteiger partial charge is 0.225 e. The largest absolute Gasteiger partial charge is 0.457 e. The van der Waals surface area contributed by atoms with Gasteiger partial charge in [-0.1, -0.05) is 36.4 Å². The lowest BCUT2D eigenvalue weighted by Crippen LogP contribution is -2.49. The molecule has 37 heavy (non-hydrogen) atoms. The molecule has 0 radical (unpaired) electrons. The Morgan fingerprint density at radius 2 is 1.84 bits per heavy atom. The van der Waals surface area contributed by atoms with Crippen LogP contribution in [0.25, 0.3) is 0 Å². The number of piperidine rings is 1. The van der Waals surface area contributed by atoms with Crippen molar-refractivity contribution in [3.8, 4) is 11.5 Å². The second kappa shape index (κ2) is 12.1. The first-order valence-electron chi connectivity index (χ1n) is 13.6. The minimum Gasteiger partial charge on any atom is -0.457 e. The number of rotatable bonds is 9. The minimum absolute atomic E-state index is 0.0155. The van der Waals surface area contributed by atoms with Gasteiger partial charge in [-0.25, -0.2) is 0 Å². The average molecular weight is 508 g/mol. The summed E-state index contributed by atoms with van der Waals surface area (Å²) in [5, 5.41) is 15.3. The zero-order valence-electron chi connectivity index (χ0n) is 22.1. The first-order chi connectivity index (χ1) is 17.8. The Hall–Kier alpha value is -2.90. The Balaban J connectivity index is 1.61. The van der Waals surface area contributed by atoms with Crippen LogP contribution in [0.15, 0.2) is 48.5 Å².